The van der Waals surface area contributed by atoms with E-state index in [1.807, 2.05) is 30.9 Å². The Labute approximate surface area is 141 Å². The quantitative estimate of drug-likeness (QED) is 0.843. The lowest BCUT2D eigenvalue weighted by Crippen LogP contribution is -2.27. The predicted molar refractivity (Wildman–Crippen MR) is 89.1 cm³/mol. The zero-order valence-corrected chi connectivity index (χ0v) is 14.4. The van der Waals surface area contributed by atoms with Crippen LogP contribution < -0.4 is 4.74 Å². The van der Waals surface area contributed by atoms with Crippen molar-refractivity contribution in [3.63, 3.8) is 0 Å². The van der Waals surface area contributed by atoms with Crippen molar-refractivity contribution in [1.82, 2.24) is 15.0 Å². The van der Waals surface area contributed by atoms with Gasteiger partial charge in [-0.2, -0.15) is 4.98 Å². The maximum absolute atomic E-state index is 11.8. The van der Waals surface area contributed by atoms with Crippen LogP contribution in [0.3, 0.4) is 0 Å². The van der Waals surface area contributed by atoms with Crippen LogP contribution in [0.15, 0.2) is 22.7 Å². The van der Waals surface area contributed by atoms with E-state index < -0.39 is 0 Å². The smallest absolute Gasteiger partial charge is 0.231 e. The number of carbonyl (C=O) groups excluding carboxylic acids is 1. The largest absolute Gasteiger partial charge is 0.496 e. The summed E-state index contributed by atoms with van der Waals surface area (Å²) in [5.74, 6) is 2.42. The third-order valence-corrected chi connectivity index (χ3v) is 4.46. The zero-order valence-electron chi connectivity index (χ0n) is 14.4. The van der Waals surface area contributed by atoms with Gasteiger partial charge in [-0.15, -0.1) is 0 Å². The molecule has 128 valence electrons. The monoisotopic (exact) mass is 329 g/mol. The number of amides is 1. The number of rotatable bonds is 5. The standard InChI is InChI=1S/C18H23N3O3/c1-4-17(22)21-8-7-13(11-21)18-19-16(20-24-18)10-14-9-12(2)5-6-15(14)23-3/h5-6,9,13H,4,7-8,10-11H2,1-3H3. The number of hydrogen-bond acceptors (Lipinski definition) is 5. The molecule has 1 amide bonds. The number of aromatic nitrogens is 2. The molecule has 1 aromatic heterocycles. The molecule has 1 saturated heterocycles. The first-order valence-electron chi connectivity index (χ1n) is 8.34. The van der Waals surface area contributed by atoms with Crippen molar-refractivity contribution < 1.29 is 14.1 Å². The summed E-state index contributed by atoms with van der Waals surface area (Å²) >= 11 is 0. The SMILES string of the molecule is CCC(=O)N1CCC(c2nc(Cc3cc(C)ccc3OC)no2)C1. The van der Waals surface area contributed by atoms with Crippen LogP contribution >= 0.6 is 0 Å². The van der Waals surface area contributed by atoms with Crippen LogP contribution in [0, 0.1) is 6.92 Å². The Bertz CT molecular complexity index is 726. The minimum atomic E-state index is 0.140. The van der Waals surface area contributed by atoms with E-state index in [1.165, 1.54) is 5.56 Å². The minimum absolute atomic E-state index is 0.140. The van der Waals surface area contributed by atoms with Crippen molar-refractivity contribution in [2.75, 3.05) is 20.2 Å². The fraction of sp³-hybridized carbons (Fsp3) is 0.500. The summed E-state index contributed by atoms with van der Waals surface area (Å²) in [6, 6.07) is 6.05. The normalized spacial score (nSPS) is 17.3. The minimum Gasteiger partial charge on any atom is -0.496 e. The summed E-state index contributed by atoms with van der Waals surface area (Å²) in [4.78, 5) is 18.2. The maximum atomic E-state index is 11.8. The average molecular weight is 329 g/mol. The van der Waals surface area contributed by atoms with Crippen molar-refractivity contribution in [2.45, 2.75) is 39.0 Å². The van der Waals surface area contributed by atoms with Gasteiger partial charge in [-0.05, 0) is 19.4 Å². The van der Waals surface area contributed by atoms with Crippen LogP contribution in [-0.4, -0.2) is 41.1 Å². The van der Waals surface area contributed by atoms with Gasteiger partial charge < -0.3 is 14.2 Å². The van der Waals surface area contributed by atoms with Crippen molar-refractivity contribution >= 4 is 5.91 Å². The summed E-state index contributed by atoms with van der Waals surface area (Å²) in [7, 11) is 1.66. The lowest BCUT2D eigenvalue weighted by molar-refractivity contribution is -0.129. The van der Waals surface area contributed by atoms with Crippen LogP contribution in [0.4, 0.5) is 0 Å². The second-order valence-corrected chi connectivity index (χ2v) is 6.22. The fourth-order valence-corrected chi connectivity index (χ4v) is 3.13. The lowest BCUT2D eigenvalue weighted by Gasteiger charge is -2.13. The van der Waals surface area contributed by atoms with Gasteiger partial charge in [0.15, 0.2) is 5.82 Å². The number of hydrogen-bond donors (Lipinski definition) is 0. The molecule has 0 radical (unpaired) electrons. The molecule has 0 N–H and O–H groups in total. The van der Waals surface area contributed by atoms with Gasteiger partial charge >= 0.3 is 0 Å². The summed E-state index contributed by atoms with van der Waals surface area (Å²) in [6.07, 6.45) is 1.98. The first-order chi connectivity index (χ1) is 11.6. The third-order valence-electron chi connectivity index (χ3n) is 4.46. The molecule has 6 nitrogen and oxygen atoms in total. The van der Waals surface area contributed by atoms with E-state index >= 15 is 0 Å². The molecule has 0 aliphatic carbocycles. The molecular formula is C18H23N3O3. The van der Waals surface area contributed by atoms with Gasteiger partial charge in [-0.3, -0.25) is 4.79 Å². The number of ether oxygens (including phenoxy) is 1. The number of likely N-dealkylation sites (tertiary alicyclic amines) is 1. The fourth-order valence-electron chi connectivity index (χ4n) is 3.13. The highest BCUT2D eigenvalue weighted by atomic mass is 16.5. The first-order valence-corrected chi connectivity index (χ1v) is 8.34. The molecule has 24 heavy (non-hydrogen) atoms. The van der Waals surface area contributed by atoms with Gasteiger partial charge in [0.2, 0.25) is 11.8 Å². The summed E-state index contributed by atoms with van der Waals surface area (Å²) in [5.41, 5.74) is 2.21. The molecule has 1 aliphatic heterocycles. The molecule has 2 aromatic rings. The number of carbonyl (C=O) groups is 1. The van der Waals surface area contributed by atoms with E-state index in [2.05, 4.69) is 16.2 Å². The number of nitrogens with zero attached hydrogens (tertiary/aromatic N) is 3. The Morgan fingerprint density at radius 3 is 3.04 bits per heavy atom. The van der Waals surface area contributed by atoms with Crippen LogP contribution in [0.25, 0.3) is 0 Å². The summed E-state index contributed by atoms with van der Waals surface area (Å²) in [6.45, 7) is 5.36. The maximum Gasteiger partial charge on any atom is 0.231 e. The van der Waals surface area contributed by atoms with E-state index in [-0.39, 0.29) is 11.8 Å². The predicted octanol–water partition coefficient (Wildman–Crippen LogP) is 2.70. The Morgan fingerprint density at radius 2 is 2.29 bits per heavy atom. The van der Waals surface area contributed by atoms with Crippen molar-refractivity contribution in [3.05, 3.63) is 41.0 Å². The van der Waals surface area contributed by atoms with Crippen LogP contribution in [0.1, 0.15) is 48.5 Å². The zero-order chi connectivity index (χ0) is 17.1. The molecular weight excluding hydrogens is 306 g/mol. The number of aryl methyl sites for hydroxylation is 1. The first kappa shape index (κ1) is 16.5. The van der Waals surface area contributed by atoms with Gasteiger partial charge in [-0.25, -0.2) is 0 Å². The van der Waals surface area contributed by atoms with Gasteiger partial charge in [0.05, 0.1) is 13.0 Å². The van der Waals surface area contributed by atoms with Crippen LogP contribution in [0.5, 0.6) is 5.75 Å². The number of methoxy groups -OCH3 is 1. The highest BCUT2D eigenvalue weighted by Crippen LogP contribution is 2.27. The van der Waals surface area contributed by atoms with E-state index in [0.29, 0.717) is 31.1 Å². The molecule has 0 bridgehead atoms. The molecule has 1 atom stereocenters. The summed E-state index contributed by atoms with van der Waals surface area (Å²) in [5, 5.41) is 4.11. The van der Waals surface area contributed by atoms with Gasteiger partial charge in [0.1, 0.15) is 5.75 Å². The van der Waals surface area contributed by atoms with Crippen LogP contribution in [0.2, 0.25) is 0 Å². The third kappa shape index (κ3) is 3.42. The molecule has 3 rings (SSSR count). The highest BCUT2D eigenvalue weighted by molar-refractivity contribution is 5.76. The van der Waals surface area contributed by atoms with Crippen molar-refractivity contribution in [3.8, 4) is 5.75 Å². The van der Waals surface area contributed by atoms with Crippen molar-refractivity contribution in [1.29, 1.82) is 0 Å². The van der Waals surface area contributed by atoms with E-state index in [1.54, 1.807) is 7.11 Å². The van der Waals surface area contributed by atoms with E-state index in [9.17, 15) is 4.79 Å². The molecule has 1 unspecified atom stereocenters. The molecule has 0 spiro atoms. The van der Waals surface area contributed by atoms with Gasteiger partial charge in [-0.1, -0.05) is 29.8 Å². The second kappa shape index (κ2) is 7.03. The highest BCUT2D eigenvalue weighted by Gasteiger charge is 2.30. The molecule has 6 heteroatoms. The number of benzene rings is 1. The topological polar surface area (TPSA) is 68.5 Å². The molecule has 1 aromatic carbocycles. The van der Waals surface area contributed by atoms with Crippen LogP contribution in [-0.2, 0) is 11.2 Å². The Morgan fingerprint density at radius 1 is 1.46 bits per heavy atom. The van der Waals surface area contributed by atoms with Gasteiger partial charge in [0.25, 0.3) is 0 Å². The second-order valence-electron chi connectivity index (χ2n) is 6.22. The van der Waals surface area contributed by atoms with Gasteiger partial charge in [0, 0.05) is 31.5 Å². The molecule has 1 fully saturated rings. The molecule has 2 heterocycles. The van der Waals surface area contributed by atoms with Crippen molar-refractivity contribution in [2.24, 2.45) is 0 Å². The Hall–Kier alpha value is -2.37. The molecule has 0 saturated carbocycles. The van der Waals surface area contributed by atoms with E-state index in [0.717, 1.165) is 24.3 Å². The average Bonchev–Trinajstić information content (AvgIpc) is 3.23. The van der Waals surface area contributed by atoms with E-state index in [4.69, 9.17) is 9.26 Å². The molecule has 1 aliphatic rings. The summed E-state index contributed by atoms with van der Waals surface area (Å²) < 4.78 is 10.8. The lowest BCUT2D eigenvalue weighted by atomic mass is 10.1. The Balaban J connectivity index is 1.71. The Kier molecular flexibility index (Phi) is 4.83.